The van der Waals surface area contributed by atoms with E-state index in [9.17, 15) is 0 Å². The summed E-state index contributed by atoms with van der Waals surface area (Å²) in [6.07, 6.45) is 3.78. The molecule has 0 saturated heterocycles. The molecular formula is C44H26N2. The molecule has 0 aliphatic heterocycles. The van der Waals surface area contributed by atoms with Gasteiger partial charge in [-0.2, -0.15) is 0 Å². The second-order valence-corrected chi connectivity index (χ2v) is 12.2. The molecule has 0 unspecified atom stereocenters. The predicted molar refractivity (Wildman–Crippen MR) is 195 cm³/mol. The Hall–Kier alpha value is -6.12. The molecule has 0 saturated carbocycles. The topological polar surface area (TPSA) is 25.8 Å². The second kappa shape index (κ2) is 9.69. The van der Waals surface area contributed by atoms with E-state index >= 15 is 0 Å². The molecule has 0 aliphatic carbocycles. The first-order valence-corrected chi connectivity index (χ1v) is 15.7. The van der Waals surface area contributed by atoms with Crippen LogP contribution in [0.25, 0.3) is 98.3 Å². The minimum atomic E-state index is 0.992. The third kappa shape index (κ3) is 3.65. The molecule has 0 amide bonds. The van der Waals surface area contributed by atoms with Gasteiger partial charge in [0, 0.05) is 39.7 Å². The molecule has 10 rings (SSSR count). The highest BCUT2D eigenvalue weighted by Gasteiger charge is 2.17. The Morgan fingerprint density at radius 2 is 1.07 bits per heavy atom. The summed E-state index contributed by atoms with van der Waals surface area (Å²) in [6.45, 7) is 0. The van der Waals surface area contributed by atoms with E-state index in [0.717, 1.165) is 27.7 Å². The average molecular weight is 583 g/mol. The quantitative estimate of drug-likeness (QED) is 0.194. The zero-order chi connectivity index (χ0) is 30.2. The lowest BCUT2D eigenvalue weighted by Gasteiger charge is -2.16. The van der Waals surface area contributed by atoms with Crippen LogP contribution in [0.2, 0.25) is 0 Å². The lowest BCUT2D eigenvalue weighted by Crippen LogP contribution is -1.93. The maximum absolute atomic E-state index is 5.31. The summed E-state index contributed by atoms with van der Waals surface area (Å²) in [6, 6.07) is 52.8. The van der Waals surface area contributed by atoms with Gasteiger partial charge in [-0.25, -0.2) is 4.98 Å². The van der Waals surface area contributed by atoms with Gasteiger partial charge >= 0.3 is 0 Å². The monoisotopic (exact) mass is 582 g/mol. The van der Waals surface area contributed by atoms with Crippen LogP contribution in [0.15, 0.2) is 158 Å². The van der Waals surface area contributed by atoms with Crippen LogP contribution in [0.4, 0.5) is 0 Å². The van der Waals surface area contributed by atoms with Crippen molar-refractivity contribution in [3.63, 3.8) is 0 Å². The fourth-order valence-corrected chi connectivity index (χ4v) is 7.59. The van der Waals surface area contributed by atoms with Crippen LogP contribution >= 0.6 is 0 Å². The molecular weight excluding hydrogens is 556 g/mol. The average Bonchev–Trinajstić information content (AvgIpc) is 3.13. The fourth-order valence-electron chi connectivity index (χ4n) is 7.59. The summed E-state index contributed by atoms with van der Waals surface area (Å²) >= 11 is 0. The highest BCUT2D eigenvalue weighted by molar-refractivity contribution is 6.26. The van der Waals surface area contributed by atoms with Gasteiger partial charge in [0.15, 0.2) is 0 Å². The number of hydrogen-bond acceptors (Lipinski definition) is 2. The maximum Gasteiger partial charge on any atom is 0.0788 e. The SMILES string of the molecule is c1cncc(-c2cc3c(-c4ccc(-c5ccc6ccc7cccc8ccc5c6c78)cc4)nc4ccccc4c3c3ccccc23)c1. The molecule has 212 valence electrons. The van der Waals surface area contributed by atoms with Crippen LogP contribution in [0.1, 0.15) is 0 Å². The van der Waals surface area contributed by atoms with Crippen molar-refractivity contribution >= 4 is 64.8 Å². The summed E-state index contributed by atoms with van der Waals surface area (Å²) in [5, 5.41) is 13.8. The Balaban J connectivity index is 1.21. The van der Waals surface area contributed by atoms with Gasteiger partial charge in [-0.3, -0.25) is 4.98 Å². The minimum absolute atomic E-state index is 0.992. The molecule has 0 N–H and O–H groups in total. The van der Waals surface area contributed by atoms with Gasteiger partial charge in [0.25, 0.3) is 0 Å². The van der Waals surface area contributed by atoms with Crippen LogP contribution in [-0.4, -0.2) is 9.97 Å². The summed E-state index contributed by atoms with van der Waals surface area (Å²) in [5.74, 6) is 0. The normalized spacial score (nSPS) is 11.9. The van der Waals surface area contributed by atoms with E-state index in [-0.39, 0.29) is 0 Å². The van der Waals surface area contributed by atoms with E-state index in [0.29, 0.717) is 0 Å². The largest absolute Gasteiger partial charge is 0.264 e. The number of hydrogen-bond donors (Lipinski definition) is 0. The van der Waals surface area contributed by atoms with Gasteiger partial charge in [-0.05, 0) is 78.0 Å². The molecule has 2 heteroatoms. The van der Waals surface area contributed by atoms with Gasteiger partial charge in [0.2, 0.25) is 0 Å². The van der Waals surface area contributed by atoms with Crippen molar-refractivity contribution in [2.45, 2.75) is 0 Å². The third-order valence-corrected chi connectivity index (χ3v) is 9.68. The second-order valence-electron chi connectivity index (χ2n) is 12.2. The molecule has 2 nitrogen and oxygen atoms in total. The third-order valence-electron chi connectivity index (χ3n) is 9.68. The molecule has 0 radical (unpaired) electrons. The van der Waals surface area contributed by atoms with Crippen molar-refractivity contribution in [2.75, 3.05) is 0 Å². The first kappa shape index (κ1) is 25.2. The summed E-state index contributed by atoms with van der Waals surface area (Å²) < 4.78 is 0. The van der Waals surface area contributed by atoms with Crippen LogP contribution in [-0.2, 0) is 0 Å². The highest BCUT2D eigenvalue weighted by atomic mass is 14.7. The minimum Gasteiger partial charge on any atom is -0.264 e. The van der Waals surface area contributed by atoms with E-state index in [4.69, 9.17) is 4.98 Å². The molecule has 0 bridgehead atoms. The Kier molecular flexibility index (Phi) is 5.31. The van der Waals surface area contributed by atoms with Gasteiger partial charge in [0.1, 0.15) is 0 Å². The number of pyridine rings is 2. The first-order valence-electron chi connectivity index (χ1n) is 15.7. The van der Waals surface area contributed by atoms with Crippen LogP contribution < -0.4 is 0 Å². The van der Waals surface area contributed by atoms with Crippen molar-refractivity contribution in [1.82, 2.24) is 9.97 Å². The van der Waals surface area contributed by atoms with Gasteiger partial charge in [-0.1, -0.05) is 127 Å². The Labute approximate surface area is 265 Å². The lowest BCUT2D eigenvalue weighted by atomic mass is 9.89. The molecule has 0 spiro atoms. The van der Waals surface area contributed by atoms with Crippen LogP contribution in [0.3, 0.4) is 0 Å². The van der Waals surface area contributed by atoms with Crippen molar-refractivity contribution in [2.24, 2.45) is 0 Å². The fraction of sp³-hybridized carbons (Fsp3) is 0. The van der Waals surface area contributed by atoms with Crippen molar-refractivity contribution in [3.05, 3.63) is 158 Å². The smallest absolute Gasteiger partial charge is 0.0788 e. The molecule has 8 aromatic carbocycles. The summed E-state index contributed by atoms with van der Waals surface area (Å²) in [7, 11) is 0. The number of aromatic nitrogens is 2. The first-order chi connectivity index (χ1) is 22.8. The van der Waals surface area contributed by atoms with Crippen LogP contribution in [0.5, 0.6) is 0 Å². The van der Waals surface area contributed by atoms with E-state index in [2.05, 4.69) is 145 Å². The van der Waals surface area contributed by atoms with Gasteiger partial charge in [0.05, 0.1) is 11.2 Å². The predicted octanol–water partition coefficient (Wildman–Crippen LogP) is 11.8. The molecule has 0 atom stereocenters. The number of fused-ring (bicyclic) bond motifs is 5. The zero-order valence-corrected chi connectivity index (χ0v) is 24.9. The molecule has 2 aromatic heterocycles. The molecule has 46 heavy (non-hydrogen) atoms. The van der Waals surface area contributed by atoms with Gasteiger partial charge in [-0.15, -0.1) is 0 Å². The van der Waals surface area contributed by atoms with E-state index in [1.807, 2.05) is 18.5 Å². The summed E-state index contributed by atoms with van der Waals surface area (Å²) in [4.78, 5) is 9.76. The number of benzene rings is 8. The highest BCUT2D eigenvalue weighted by Crippen LogP contribution is 2.43. The summed E-state index contributed by atoms with van der Waals surface area (Å²) in [5.41, 5.74) is 7.81. The Morgan fingerprint density at radius 1 is 0.370 bits per heavy atom. The lowest BCUT2D eigenvalue weighted by molar-refractivity contribution is 1.33. The van der Waals surface area contributed by atoms with E-state index in [1.54, 1.807) is 0 Å². The molecule has 2 heterocycles. The van der Waals surface area contributed by atoms with Crippen molar-refractivity contribution < 1.29 is 0 Å². The number of para-hydroxylation sites is 1. The number of nitrogens with zero attached hydrogens (tertiary/aromatic N) is 2. The van der Waals surface area contributed by atoms with Crippen molar-refractivity contribution in [1.29, 1.82) is 0 Å². The van der Waals surface area contributed by atoms with Crippen LogP contribution in [0, 0.1) is 0 Å². The standard InChI is InChI=1S/C44H26N2/c1-2-11-35-34(10-1)38(32-9-6-24-45-26-32)25-39-43(35)37-12-3-4-13-40(37)46-44(39)31-18-14-27(15-19-31)33-22-20-30-17-16-28-7-5-8-29-21-23-36(33)42(30)41(28)29/h1-26H. The van der Waals surface area contributed by atoms with Gasteiger partial charge < -0.3 is 0 Å². The zero-order valence-electron chi connectivity index (χ0n) is 24.9. The maximum atomic E-state index is 5.31. The molecule has 0 aliphatic rings. The molecule has 0 fully saturated rings. The van der Waals surface area contributed by atoms with E-state index < -0.39 is 0 Å². The van der Waals surface area contributed by atoms with Crippen molar-refractivity contribution in [3.8, 4) is 33.5 Å². The Morgan fingerprint density at radius 3 is 1.87 bits per heavy atom. The Bertz CT molecular complexity index is 2760. The molecule has 10 aromatic rings. The number of rotatable bonds is 3. The van der Waals surface area contributed by atoms with E-state index in [1.165, 1.54) is 70.6 Å².